The summed E-state index contributed by atoms with van der Waals surface area (Å²) in [6.07, 6.45) is 6.47. The number of aliphatic hydroxyl groups is 1. The SMILES string of the molecule is C=CC1=C(C)[C@H](O)CC2C(C)(C)CCC[C@]12C. The van der Waals surface area contributed by atoms with Gasteiger partial charge < -0.3 is 5.11 Å². The molecule has 0 aromatic rings. The maximum Gasteiger partial charge on any atom is 0.0756 e. The van der Waals surface area contributed by atoms with E-state index in [1.54, 1.807) is 0 Å². The molecule has 2 rings (SSSR count). The molecule has 1 N–H and O–H groups in total. The highest BCUT2D eigenvalue weighted by Gasteiger charge is 2.51. The Morgan fingerprint density at radius 3 is 2.53 bits per heavy atom. The molecule has 0 amide bonds. The van der Waals surface area contributed by atoms with Crippen molar-refractivity contribution >= 4 is 0 Å². The van der Waals surface area contributed by atoms with Crippen molar-refractivity contribution < 1.29 is 5.11 Å². The number of hydrogen-bond donors (Lipinski definition) is 1. The smallest absolute Gasteiger partial charge is 0.0756 e. The molecular formula is C16H26O. The van der Waals surface area contributed by atoms with Crippen LogP contribution in [0.15, 0.2) is 23.8 Å². The summed E-state index contributed by atoms with van der Waals surface area (Å²) < 4.78 is 0. The molecule has 96 valence electrons. The van der Waals surface area contributed by atoms with Crippen LogP contribution in [0.2, 0.25) is 0 Å². The lowest BCUT2D eigenvalue weighted by molar-refractivity contribution is -0.0164. The monoisotopic (exact) mass is 234 g/mol. The van der Waals surface area contributed by atoms with Gasteiger partial charge in [-0.05, 0) is 54.1 Å². The Kier molecular flexibility index (Phi) is 3.02. The van der Waals surface area contributed by atoms with Crippen molar-refractivity contribution in [3.05, 3.63) is 23.8 Å². The van der Waals surface area contributed by atoms with Crippen LogP contribution < -0.4 is 0 Å². The molecule has 0 spiro atoms. The van der Waals surface area contributed by atoms with Gasteiger partial charge in [0, 0.05) is 0 Å². The van der Waals surface area contributed by atoms with E-state index >= 15 is 0 Å². The predicted molar refractivity (Wildman–Crippen MR) is 72.7 cm³/mol. The lowest BCUT2D eigenvalue weighted by Crippen LogP contribution is -2.48. The Labute approximate surface area is 106 Å². The van der Waals surface area contributed by atoms with E-state index in [2.05, 4.69) is 34.3 Å². The van der Waals surface area contributed by atoms with Gasteiger partial charge in [-0.3, -0.25) is 0 Å². The minimum Gasteiger partial charge on any atom is -0.389 e. The van der Waals surface area contributed by atoms with Gasteiger partial charge in [0.05, 0.1) is 6.10 Å². The molecule has 1 heteroatoms. The van der Waals surface area contributed by atoms with Crippen molar-refractivity contribution in [1.82, 2.24) is 0 Å². The first-order valence-electron chi connectivity index (χ1n) is 6.84. The van der Waals surface area contributed by atoms with Crippen LogP contribution in [0, 0.1) is 16.7 Å². The molecule has 0 aromatic carbocycles. The topological polar surface area (TPSA) is 20.2 Å². The summed E-state index contributed by atoms with van der Waals surface area (Å²) in [5.41, 5.74) is 3.03. The van der Waals surface area contributed by atoms with Gasteiger partial charge in [-0.15, -0.1) is 0 Å². The van der Waals surface area contributed by atoms with Crippen LogP contribution in [0.1, 0.15) is 53.4 Å². The Morgan fingerprint density at radius 1 is 1.29 bits per heavy atom. The Bertz CT molecular complexity index is 364. The van der Waals surface area contributed by atoms with E-state index in [1.165, 1.54) is 24.8 Å². The molecule has 3 atom stereocenters. The summed E-state index contributed by atoms with van der Waals surface area (Å²) in [4.78, 5) is 0. The number of allylic oxidation sites excluding steroid dienone is 2. The molecule has 2 aliphatic rings. The lowest BCUT2D eigenvalue weighted by atomic mass is 9.50. The molecule has 17 heavy (non-hydrogen) atoms. The third kappa shape index (κ3) is 1.79. The average molecular weight is 234 g/mol. The summed E-state index contributed by atoms with van der Waals surface area (Å²) in [6.45, 7) is 13.2. The molecule has 2 aliphatic carbocycles. The van der Waals surface area contributed by atoms with Crippen LogP contribution >= 0.6 is 0 Å². The Hall–Kier alpha value is -0.560. The molecule has 1 nitrogen and oxygen atoms in total. The van der Waals surface area contributed by atoms with Crippen LogP contribution in [0.5, 0.6) is 0 Å². The van der Waals surface area contributed by atoms with E-state index < -0.39 is 0 Å². The van der Waals surface area contributed by atoms with Crippen molar-refractivity contribution in [2.24, 2.45) is 16.7 Å². The van der Waals surface area contributed by atoms with E-state index in [-0.39, 0.29) is 11.5 Å². The molecular weight excluding hydrogens is 208 g/mol. The molecule has 1 unspecified atom stereocenters. The fourth-order valence-electron chi connectivity index (χ4n) is 4.45. The Morgan fingerprint density at radius 2 is 1.94 bits per heavy atom. The van der Waals surface area contributed by atoms with Crippen molar-refractivity contribution in [3.8, 4) is 0 Å². The van der Waals surface area contributed by atoms with E-state index in [9.17, 15) is 5.11 Å². The zero-order valence-corrected chi connectivity index (χ0v) is 11.7. The van der Waals surface area contributed by atoms with Crippen molar-refractivity contribution in [2.45, 2.75) is 59.5 Å². The highest BCUT2D eigenvalue weighted by Crippen LogP contribution is 2.59. The van der Waals surface area contributed by atoms with Gasteiger partial charge in [-0.2, -0.15) is 0 Å². The van der Waals surface area contributed by atoms with E-state index in [0.717, 1.165) is 12.0 Å². The summed E-state index contributed by atoms with van der Waals surface area (Å²) in [5, 5.41) is 10.3. The molecule has 0 radical (unpaired) electrons. The average Bonchev–Trinajstić information content (AvgIpc) is 2.22. The molecule has 0 aliphatic heterocycles. The summed E-state index contributed by atoms with van der Waals surface area (Å²) in [7, 11) is 0. The number of aliphatic hydroxyl groups excluding tert-OH is 1. The first-order chi connectivity index (χ1) is 7.83. The second-order valence-electron chi connectivity index (χ2n) is 6.86. The number of rotatable bonds is 1. The highest BCUT2D eigenvalue weighted by molar-refractivity contribution is 5.36. The van der Waals surface area contributed by atoms with Gasteiger partial charge in [-0.1, -0.05) is 39.8 Å². The highest BCUT2D eigenvalue weighted by atomic mass is 16.3. The van der Waals surface area contributed by atoms with E-state index in [4.69, 9.17) is 0 Å². The van der Waals surface area contributed by atoms with Gasteiger partial charge >= 0.3 is 0 Å². The van der Waals surface area contributed by atoms with Gasteiger partial charge in [0.2, 0.25) is 0 Å². The normalized spacial score (nSPS) is 41.0. The summed E-state index contributed by atoms with van der Waals surface area (Å²) >= 11 is 0. The van der Waals surface area contributed by atoms with Crippen LogP contribution in [-0.2, 0) is 0 Å². The van der Waals surface area contributed by atoms with Crippen molar-refractivity contribution in [3.63, 3.8) is 0 Å². The number of hydrogen-bond acceptors (Lipinski definition) is 1. The molecule has 1 fully saturated rings. The fraction of sp³-hybridized carbons (Fsp3) is 0.750. The van der Waals surface area contributed by atoms with Crippen LogP contribution in [0.4, 0.5) is 0 Å². The largest absolute Gasteiger partial charge is 0.389 e. The summed E-state index contributed by atoms with van der Waals surface area (Å²) in [6, 6.07) is 0. The first-order valence-corrected chi connectivity index (χ1v) is 6.84. The quantitative estimate of drug-likeness (QED) is 0.724. The molecule has 0 aromatic heterocycles. The van der Waals surface area contributed by atoms with Crippen LogP contribution in [0.25, 0.3) is 0 Å². The van der Waals surface area contributed by atoms with Crippen LogP contribution in [-0.4, -0.2) is 11.2 Å². The maximum absolute atomic E-state index is 10.3. The minimum absolute atomic E-state index is 0.229. The maximum atomic E-state index is 10.3. The zero-order chi connectivity index (χ0) is 12.8. The predicted octanol–water partition coefficient (Wildman–Crippen LogP) is 4.09. The molecule has 0 bridgehead atoms. The van der Waals surface area contributed by atoms with Crippen LogP contribution in [0.3, 0.4) is 0 Å². The second-order valence-corrected chi connectivity index (χ2v) is 6.86. The van der Waals surface area contributed by atoms with Crippen molar-refractivity contribution in [2.75, 3.05) is 0 Å². The minimum atomic E-state index is -0.265. The van der Waals surface area contributed by atoms with E-state index in [0.29, 0.717) is 11.3 Å². The molecule has 0 saturated heterocycles. The standard InChI is InChI=1S/C16H26O/c1-6-12-11(2)13(17)10-14-15(3,4)8-7-9-16(12,14)5/h6,13-14,17H,1,7-10H2,2-5H3/t13-,14?,16-/m1/s1. The van der Waals surface area contributed by atoms with Gasteiger partial charge in [0.1, 0.15) is 0 Å². The Balaban J connectivity index is 2.52. The molecule has 0 heterocycles. The van der Waals surface area contributed by atoms with Gasteiger partial charge in [0.25, 0.3) is 0 Å². The summed E-state index contributed by atoms with van der Waals surface area (Å²) in [5.74, 6) is 0.579. The zero-order valence-electron chi connectivity index (χ0n) is 11.7. The number of fused-ring (bicyclic) bond motifs is 1. The third-order valence-electron chi connectivity index (χ3n) is 5.43. The second kappa shape index (κ2) is 3.98. The first kappa shape index (κ1) is 12.9. The van der Waals surface area contributed by atoms with Crippen molar-refractivity contribution in [1.29, 1.82) is 0 Å². The van der Waals surface area contributed by atoms with Gasteiger partial charge in [0.15, 0.2) is 0 Å². The fourth-order valence-corrected chi connectivity index (χ4v) is 4.45. The van der Waals surface area contributed by atoms with E-state index in [1.807, 2.05) is 6.08 Å². The lowest BCUT2D eigenvalue weighted by Gasteiger charge is -2.55. The third-order valence-corrected chi connectivity index (χ3v) is 5.43. The van der Waals surface area contributed by atoms with Gasteiger partial charge in [-0.25, -0.2) is 0 Å². The molecule has 1 saturated carbocycles.